The van der Waals surface area contributed by atoms with Crippen LogP contribution in [0.2, 0.25) is 0 Å². The van der Waals surface area contributed by atoms with Gasteiger partial charge in [0.15, 0.2) is 25.2 Å². The van der Waals surface area contributed by atoms with Crippen LogP contribution in [0, 0.1) is 0 Å². The highest BCUT2D eigenvalue weighted by Gasteiger charge is 2.55. The maximum Gasteiger partial charge on any atom is 0.217 e. The minimum Gasteiger partial charge on any atom is -0.394 e. The molecule has 0 spiro atoms. The van der Waals surface area contributed by atoms with Crippen molar-refractivity contribution in [3.63, 3.8) is 0 Å². The molecule has 0 aromatic carbocycles. The Morgan fingerprint density at radius 3 is 1.50 bits per heavy atom. The van der Waals surface area contributed by atoms with E-state index in [2.05, 4.69) is 5.32 Å². The van der Waals surface area contributed by atoms with Gasteiger partial charge in [-0.2, -0.15) is 0 Å². The van der Waals surface area contributed by atoms with Gasteiger partial charge in [0, 0.05) is 6.92 Å². The molecular weight excluding hydrogens is 662 g/mol. The van der Waals surface area contributed by atoms with E-state index in [0.29, 0.717) is 0 Å². The van der Waals surface area contributed by atoms with Crippen LogP contribution in [0.15, 0.2) is 0 Å². The highest BCUT2D eigenvalue weighted by atomic mass is 16.8. The summed E-state index contributed by atoms with van der Waals surface area (Å²) < 4.78 is 38.6. The van der Waals surface area contributed by atoms with Gasteiger partial charge in [0.05, 0.1) is 26.4 Å². The van der Waals surface area contributed by atoms with Gasteiger partial charge in [-0.25, -0.2) is 0 Å². The molecule has 48 heavy (non-hydrogen) atoms. The van der Waals surface area contributed by atoms with Crippen molar-refractivity contribution in [2.75, 3.05) is 26.4 Å². The second kappa shape index (κ2) is 16.8. The standard InChI is InChI=1S/C26H45NO21/c1-6(32)27-11-15(36)20(10(5-31)42-23(11)41)46-25-19(40)21(14(35)9(4-30)44-25)47-26-22(17(38)13(34)8(3-29)45-26)48-24-18(39)16(37)12(33)7(2-28)43-24/h7-26,28-31,33-41H,2-5H2,1H3,(H,27,32)/t7-,8-,9-,10-,11-,12-,13-,14-,15-,16+,17+,18+,19+,20-,21+,22+,23?,24-,25+,26-/m1/s1. The smallest absolute Gasteiger partial charge is 0.217 e. The lowest BCUT2D eigenvalue weighted by atomic mass is 9.95. The highest BCUT2D eigenvalue weighted by molar-refractivity contribution is 5.73. The minimum absolute atomic E-state index is 0.671. The third-order valence-corrected chi connectivity index (χ3v) is 8.61. The number of carbonyl (C=O) groups excluding carboxylic acids is 1. The van der Waals surface area contributed by atoms with Crippen molar-refractivity contribution in [1.29, 1.82) is 0 Å². The molecule has 4 fully saturated rings. The summed E-state index contributed by atoms with van der Waals surface area (Å²) in [6.45, 7) is -2.38. The first-order chi connectivity index (χ1) is 22.7. The van der Waals surface area contributed by atoms with Crippen LogP contribution in [0.5, 0.6) is 0 Å². The molecule has 280 valence electrons. The maximum absolute atomic E-state index is 11.6. The summed E-state index contributed by atoms with van der Waals surface area (Å²) in [5.41, 5.74) is 0. The van der Waals surface area contributed by atoms with Crippen LogP contribution in [0.25, 0.3) is 0 Å². The summed E-state index contributed by atoms with van der Waals surface area (Å²) in [7, 11) is 0. The largest absolute Gasteiger partial charge is 0.394 e. The second-order valence-electron chi connectivity index (χ2n) is 11.9. The van der Waals surface area contributed by atoms with Crippen molar-refractivity contribution >= 4 is 5.91 Å². The quantitative estimate of drug-likeness (QED) is 0.0947. The average molecular weight is 708 g/mol. The van der Waals surface area contributed by atoms with Gasteiger partial charge in [0.25, 0.3) is 0 Å². The third kappa shape index (κ3) is 8.08. The average Bonchev–Trinajstić information content (AvgIpc) is 3.06. The van der Waals surface area contributed by atoms with Gasteiger partial charge in [0.2, 0.25) is 5.91 Å². The molecule has 4 aliphatic heterocycles. The number of amides is 1. The summed E-state index contributed by atoms with van der Waals surface area (Å²) in [5, 5.41) is 137. The number of hydrogen-bond acceptors (Lipinski definition) is 21. The van der Waals surface area contributed by atoms with Crippen LogP contribution in [-0.4, -0.2) is 221 Å². The molecule has 0 saturated carbocycles. The predicted octanol–water partition coefficient (Wildman–Crippen LogP) is -9.61. The predicted molar refractivity (Wildman–Crippen MR) is 145 cm³/mol. The molecule has 0 aromatic heterocycles. The van der Waals surface area contributed by atoms with Crippen molar-refractivity contribution in [2.45, 2.75) is 130 Å². The number of nitrogens with one attached hydrogen (secondary N) is 1. The van der Waals surface area contributed by atoms with Crippen LogP contribution in [0.1, 0.15) is 6.92 Å². The zero-order valence-electron chi connectivity index (χ0n) is 25.5. The Kier molecular flexibility index (Phi) is 13.8. The lowest BCUT2D eigenvalue weighted by Gasteiger charge is -2.49. The van der Waals surface area contributed by atoms with Crippen molar-refractivity contribution in [2.24, 2.45) is 0 Å². The molecule has 4 rings (SSSR count). The van der Waals surface area contributed by atoms with Crippen molar-refractivity contribution in [3.8, 4) is 0 Å². The Morgan fingerprint density at radius 2 is 0.958 bits per heavy atom. The molecule has 0 aromatic rings. The van der Waals surface area contributed by atoms with Gasteiger partial charge in [0.1, 0.15) is 97.6 Å². The normalized spacial score (nSPS) is 50.2. The molecule has 0 bridgehead atoms. The van der Waals surface area contributed by atoms with E-state index in [9.17, 15) is 71.2 Å². The van der Waals surface area contributed by atoms with Crippen LogP contribution < -0.4 is 5.32 Å². The molecule has 22 nitrogen and oxygen atoms in total. The summed E-state index contributed by atoms with van der Waals surface area (Å²) >= 11 is 0. The van der Waals surface area contributed by atoms with E-state index < -0.39 is 155 Å². The summed E-state index contributed by atoms with van der Waals surface area (Å²) in [4.78, 5) is 11.6. The number of rotatable bonds is 11. The first-order valence-corrected chi connectivity index (χ1v) is 15.1. The third-order valence-electron chi connectivity index (χ3n) is 8.61. The van der Waals surface area contributed by atoms with Crippen LogP contribution >= 0.6 is 0 Å². The van der Waals surface area contributed by atoms with Gasteiger partial charge < -0.3 is 105 Å². The van der Waals surface area contributed by atoms with Crippen LogP contribution in [0.3, 0.4) is 0 Å². The Bertz CT molecular complexity index is 1030. The molecule has 4 saturated heterocycles. The zero-order chi connectivity index (χ0) is 35.6. The molecule has 14 N–H and O–H groups in total. The van der Waals surface area contributed by atoms with Crippen molar-refractivity contribution in [3.05, 3.63) is 0 Å². The molecule has 22 heteroatoms. The number of hydrogen-bond donors (Lipinski definition) is 14. The molecule has 1 unspecified atom stereocenters. The lowest BCUT2D eigenvalue weighted by Crippen LogP contribution is -2.68. The van der Waals surface area contributed by atoms with Crippen molar-refractivity contribution in [1.82, 2.24) is 5.32 Å². The van der Waals surface area contributed by atoms with Crippen LogP contribution in [-0.2, 0) is 38.0 Å². The molecule has 4 aliphatic rings. The Morgan fingerprint density at radius 1 is 0.500 bits per heavy atom. The van der Waals surface area contributed by atoms with Crippen molar-refractivity contribution < 1.29 is 104 Å². The number of ether oxygens (including phenoxy) is 7. The lowest BCUT2D eigenvalue weighted by molar-refractivity contribution is -0.394. The molecule has 0 radical (unpaired) electrons. The molecule has 1 amide bonds. The number of aliphatic hydroxyl groups excluding tert-OH is 13. The Hall–Kier alpha value is -1.33. The Labute approximate surface area is 272 Å². The molecule has 4 heterocycles. The fourth-order valence-electron chi connectivity index (χ4n) is 5.92. The van der Waals surface area contributed by atoms with E-state index in [0.717, 1.165) is 6.92 Å². The zero-order valence-corrected chi connectivity index (χ0v) is 25.5. The number of carbonyl (C=O) groups is 1. The topological polar surface area (TPSA) is 357 Å². The van der Waals surface area contributed by atoms with Gasteiger partial charge in [-0.05, 0) is 0 Å². The van der Waals surface area contributed by atoms with Gasteiger partial charge in [-0.15, -0.1) is 0 Å². The number of aliphatic hydroxyl groups is 13. The Balaban J connectivity index is 1.59. The van der Waals surface area contributed by atoms with E-state index in [1.54, 1.807) is 0 Å². The monoisotopic (exact) mass is 707 g/mol. The highest BCUT2D eigenvalue weighted by Crippen LogP contribution is 2.34. The van der Waals surface area contributed by atoms with E-state index in [1.165, 1.54) is 0 Å². The van der Waals surface area contributed by atoms with Gasteiger partial charge >= 0.3 is 0 Å². The molecule has 0 aliphatic carbocycles. The summed E-state index contributed by atoms with van der Waals surface area (Å²) in [5.74, 6) is -0.671. The fourth-order valence-corrected chi connectivity index (χ4v) is 5.92. The van der Waals surface area contributed by atoms with Crippen LogP contribution in [0.4, 0.5) is 0 Å². The van der Waals surface area contributed by atoms with E-state index in [-0.39, 0.29) is 0 Å². The maximum atomic E-state index is 11.6. The first kappa shape index (κ1) is 39.5. The molecular formula is C26H45NO21. The van der Waals surface area contributed by atoms with Gasteiger partial charge in [-0.3, -0.25) is 4.79 Å². The second-order valence-corrected chi connectivity index (χ2v) is 11.9. The summed E-state index contributed by atoms with van der Waals surface area (Å²) in [6, 6.07) is -1.47. The minimum atomic E-state index is -2.06. The fraction of sp³-hybridized carbons (Fsp3) is 0.962. The van der Waals surface area contributed by atoms with Gasteiger partial charge in [-0.1, -0.05) is 0 Å². The van der Waals surface area contributed by atoms with E-state index in [4.69, 9.17) is 33.2 Å². The SMILES string of the molecule is CC(=O)N[C@H]1C(O)O[C@H](CO)[C@@H](O[C@@H]2O[C@H](CO)[C@@H](O)[C@H](O[C@H]3O[C@H](CO)[C@@H](O)[C@H](O)[C@@H]3O[C@H]3O[C@H](CO)[C@@H](O)[C@H](O)[C@@H]3O)[C@@H]2O)[C@@H]1O. The summed E-state index contributed by atoms with van der Waals surface area (Å²) in [6.07, 6.45) is -34.2. The van der Waals surface area contributed by atoms with E-state index >= 15 is 0 Å². The molecule has 20 atom stereocenters. The van der Waals surface area contributed by atoms with E-state index in [1.807, 2.05) is 0 Å². The first-order valence-electron chi connectivity index (χ1n) is 15.1.